The molecule has 3 aliphatic rings. The summed E-state index contributed by atoms with van der Waals surface area (Å²) in [5.74, 6) is -4.49. The lowest BCUT2D eigenvalue weighted by Gasteiger charge is -2.24. The van der Waals surface area contributed by atoms with E-state index in [1.165, 1.54) is 4.90 Å². The third-order valence-electron chi connectivity index (χ3n) is 2.81. The summed E-state index contributed by atoms with van der Waals surface area (Å²) in [6.45, 7) is -2.12. The Kier molecular flexibility index (Phi) is 6.41. The number of carbonyl (C=O) groups is 4. The van der Waals surface area contributed by atoms with E-state index in [1.54, 1.807) is 0 Å². The molecule has 2 bridgehead atoms. The SMILES string of the molecule is O=C(O)CN1CCN2CC(=O)OOP(=O)(OOC(=O)C1)OOC(=O)C2. The van der Waals surface area contributed by atoms with Gasteiger partial charge in [0.25, 0.3) is 0 Å². The first-order valence-electron chi connectivity index (χ1n) is 6.69. The summed E-state index contributed by atoms with van der Waals surface area (Å²) in [6.07, 6.45) is 0. The van der Waals surface area contributed by atoms with E-state index in [1.807, 2.05) is 0 Å². The summed E-state index contributed by atoms with van der Waals surface area (Å²) in [6, 6.07) is 0. The Balaban J connectivity index is 2.25. The monoisotopic (exact) mass is 384 g/mol. The van der Waals surface area contributed by atoms with Crippen molar-refractivity contribution in [3.8, 4) is 0 Å². The maximum Gasteiger partial charge on any atom is 0.584 e. The van der Waals surface area contributed by atoms with Crippen LogP contribution in [0.4, 0.5) is 0 Å². The maximum atomic E-state index is 12.0. The van der Waals surface area contributed by atoms with E-state index in [9.17, 15) is 23.7 Å². The number of nitrogens with zero attached hydrogens (tertiary/aromatic N) is 2. The standard InChI is InChI=1S/C10H13N2O12P/c13-7(14)3-11-1-2-12-5-9(16)20-23-25(18,22-19-8(15)4-11)24-21-10(17)6-12/h1-6H2,(H,13,14). The van der Waals surface area contributed by atoms with Gasteiger partial charge >= 0.3 is 31.7 Å². The van der Waals surface area contributed by atoms with Gasteiger partial charge in [0.05, 0.1) is 6.54 Å². The van der Waals surface area contributed by atoms with Crippen LogP contribution in [-0.2, 0) is 52.4 Å². The van der Waals surface area contributed by atoms with Crippen molar-refractivity contribution in [2.24, 2.45) is 0 Å². The lowest BCUT2D eigenvalue weighted by molar-refractivity contribution is -0.298. The molecule has 3 saturated heterocycles. The Morgan fingerprint density at radius 3 is 1.88 bits per heavy atom. The summed E-state index contributed by atoms with van der Waals surface area (Å²) < 4.78 is 24.4. The van der Waals surface area contributed by atoms with Crippen LogP contribution in [0.1, 0.15) is 0 Å². The average molecular weight is 384 g/mol. The summed E-state index contributed by atoms with van der Waals surface area (Å²) in [5.41, 5.74) is 0. The highest BCUT2D eigenvalue weighted by atomic mass is 31.2. The molecule has 3 heterocycles. The zero-order valence-corrected chi connectivity index (χ0v) is 13.4. The van der Waals surface area contributed by atoms with Crippen LogP contribution in [0, 0.1) is 0 Å². The van der Waals surface area contributed by atoms with Crippen LogP contribution in [0.5, 0.6) is 0 Å². The van der Waals surface area contributed by atoms with Crippen LogP contribution in [-0.4, -0.2) is 78.1 Å². The Bertz CT molecular complexity index is 583. The fourth-order valence-electron chi connectivity index (χ4n) is 1.83. The first-order valence-corrected chi connectivity index (χ1v) is 8.15. The summed E-state index contributed by atoms with van der Waals surface area (Å²) in [4.78, 5) is 60.7. The lowest BCUT2D eigenvalue weighted by atomic mass is 10.4. The van der Waals surface area contributed by atoms with Crippen LogP contribution in [0.2, 0.25) is 0 Å². The number of carboxylic acid groups (broad SMARTS) is 1. The summed E-state index contributed by atoms with van der Waals surface area (Å²) in [5, 5.41) is 8.86. The molecule has 0 aliphatic carbocycles. The third kappa shape index (κ3) is 6.38. The average Bonchev–Trinajstić information content (AvgIpc) is 2.54. The smallest absolute Gasteiger partial charge is 0.480 e. The van der Waals surface area contributed by atoms with E-state index in [0.29, 0.717) is 0 Å². The van der Waals surface area contributed by atoms with Crippen LogP contribution >= 0.6 is 7.82 Å². The highest BCUT2D eigenvalue weighted by Crippen LogP contribution is 2.50. The summed E-state index contributed by atoms with van der Waals surface area (Å²) in [7, 11) is -4.91. The molecule has 0 spiro atoms. The van der Waals surface area contributed by atoms with E-state index in [0.717, 1.165) is 4.90 Å². The van der Waals surface area contributed by atoms with Crippen LogP contribution in [0.25, 0.3) is 0 Å². The van der Waals surface area contributed by atoms with Gasteiger partial charge < -0.3 is 5.11 Å². The fourth-order valence-corrected chi connectivity index (χ4v) is 2.43. The Morgan fingerprint density at radius 2 is 1.40 bits per heavy atom. The second-order valence-electron chi connectivity index (χ2n) is 4.85. The van der Waals surface area contributed by atoms with Crippen molar-refractivity contribution in [3.63, 3.8) is 0 Å². The molecule has 3 rings (SSSR count). The van der Waals surface area contributed by atoms with E-state index < -0.39 is 57.9 Å². The van der Waals surface area contributed by atoms with Gasteiger partial charge in [-0.25, -0.2) is 18.9 Å². The van der Waals surface area contributed by atoms with E-state index in [-0.39, 0.29) is 13.1 Å². The minimum Gasteiger partial charge on any atom is -0.480 e. The number of carbonyl (C=O) groups excluding carboxylic acids is 3. The molecule has 0 aromatic heterocycles. The number of aliphatic carboxylic acids is 1. The molecule has 0 atom stereocenters. The molecule has 14 nitrogen and oxygen atoms in total. The third-order valence-corrected chi connectivity index (χ3v) is 3.59. The first kappa shape index (κ1) is 19.2. The van der Waals surface area contributed by atoms with Crippen molar-refractivity contribution in [3.05, 3.63) is 0 Å². The summed E-state index contributed by atoms with van der Waals surface area (Å²) >= 11 is 0. The molecule has 0 saturated carbocycles. The minimum absolute atomic E-state index is 0.0245. The number of carboxylic acids is 1. The lowest BCUT2D eigenvalue weighted by Crippen LogP contribution is -2.43. The number of hydrogen-bond donors (Lipinski definition) is 1. The highest BCUT2D eigenvalue weighted by Gasteiger charge is 2.39. The van der Waals surface area contributed by atoms with Crippen molar-refractivity contribution in [2.75, 3.05) is 39.3 Å². The molecule has 3 aliphatic heterocycles. The van der Waals surface area contributed by atoms with Gasteiger partial charge in [-0.1, -0.05) is 14.0 Å². The van der Waals surface area contributed by atoms with E-state index in [2.05, 4.69) is 28.7 Å². The molecule has 0 unspecified atom stereocenters. The number of hydrogen-bond acceptors (Lipinski definition) is 13. The first-order chi connectivity index (χ1) is 11.8. The van der Waals surface area contributed by atoms with Crippen molar-refractivity contribution in [1.29, 1.82) is 0 Å². The van der Waals surface area contributed by atoms with Gasteiger partial charge in [-0.15, -0.1) is 0 Å². The van der Waals surface area contributed by atoms with Crippen LogP contribution < -0.4 is 0 Å². The Hall–Kier alpha value is -2.09. The number of fused-ring (bicyclic) bond motifs is 12. The molecule has 25 heavy (non-hydrogen) atoms. The zero-order valence-electron chi connectivity index (χ0n) is 12.5. The van der Waals surface area contributed by atoms with Crippen LogP contribution in [0.15, 0.2) is 0 Å². The Morgan fingerprint density at radius 1 is 0.920 bits per heavy atom. The fraction of sp³-hybridized carbons (Fsp3) is 0.600. The largest absolute Gasteiger partial charge is 0.584 e. The van der Waals surface area contributed by atoms with Crippen LogP contribution in [0.3, 0.4) is 0 Å². The number of rotatable bonds is 2. The topological polar surface area (TPSA) is 167 Å². The van der Waals surface area contributed by atoms with Gasteiger partial charge in [0.15, 0.2) is 0 Å². The molecular formula is C10H13N2O12P. The van der Waals surface area contributed by atoms with Crippen molar-refractivity contribution < 1.29 is 57.5 Å². The van der Waals surface area contributed by atoms with Gasteiger partial charge in [-0.3, -0.25) is 29.3 Å². The molecular weight excluding hydrogens is 371 g/mol. The molecule has 1 N–H and O–H groups in total. The highest BCUT2D eigenvalue weighted by molar-refractivity contribution is 7.48. The van der Waals surface area contributed by atoms with Gasteiger partial charge in [-0.2, -0.15) is 0 Å². The number of phosphoric acid groups is 1. The quantitative estimate of drug-likeness (QED) is 0.419. The van der Waals surface area contributed by atoms with E-state index >= 15 is 0 Å². The predicted octanol–water partition coefficient (Wildman–Crippen LogP) is -1.77. The van der Waals surface area contributed by atoms with Crippen molar-refractivity contribution in [2.45, 2.75) is 0 Å². The maximum absolute atomic E-state index is 12.0. The minimum atomic E-state index is -4.91. The predicted molar refractivity (Wildman–Crippen MR) is 69.7 cm³/mol. The zero-order chi connectivity index (χ0) is 18.4. The van der Waals surface area contributed by atoms with Crippen molar-refractivity contribution in [1.82, 2.24) is 9.80 Å². The van der Waals surface area contributed by atoms with Crippen molar-refractivity contribution >= 4 is 31.7 Å². The van der Waals surface area contributed by atoms with Gasteiger partial charge in [0, 0.05) is 13.1 Å². The molecule has 0 aromatic rings. The van der Waals surface area contributed by atoms with Gasteiger partial charge in [-0.05, 0) is 0 Å². The molecule has 0 aromatic carbocycles. The second-order valence-corrected chi connectivity index (χ2v) is 6.19. The van der Waals surface area contributed by atoms with E-state index in [4.69, 9.17) is 5.11 Å². The molecule has 3 fully saturated rings. The molecule has 15 heteroatoms. The van der Waals surface area contributed by atoms with Gasteiger partial charge in [0.2, 0.25) is 0 Å². The normalized spacial score (nSPS) is 29.8. The Labute approximate surface area is 139 Å². The molecule has 0 radical (unpaired) electrons. The van der Waals surface area contributed by atoms with Gasteiger partial charge in [0.1, 0.15) is 19.6 Å². The molecule has 140 valence electrons. The molecule has 0 amide bonds. The second kappa shape index (κ2) is 8.33.